The third-order valence-electron chi connectivity index (χ3n) is 5.56. The Bertz CT molecular complexity index is 567. The van der Waals surface area contributed by atoms with Gasteiger partial charge in [-0.3, -0.25) is 0 Å². The van der Waals surface area contributed by atoms with Gasteiger partial charge in [-0.15, -0.1) is 11.3 Å². The largest absolute Gasteiger partial charge is 0.378 e. The number of rotatable bonds is 6. The fraction of sp³-hybridized carbons (Fsp3) is 0.800. The predicted octanol–water partition coefficient (Wildman–Crippen LogP) is 3.90. The summed E-state index contributed by atoms with van der Waals surface area (Å²) in [6.07, 6.45) is 8.16. The highest BCUT2D eigenvalue weighted by Gasteiger charge is 2.24. The molecule has 2 fully saturated rings. The molecule has 3 rings (SSSR count). The van der Waals surface area contributed by atoms with Crippen LogP contribution in [0.2, 0.25) is 0 Å². The highest BCUT2D eigenvalue weighted by Crippen LogP contribution is 2.26. The Morgan fingerprint density at radius 2 is 1.96 bits per heavy atom. The van der Waals surface area contributed by atoms with Crippen molar-refractivity contribution in [1.29, 1.82) is 0 Å². The number of thiazole rings is 1. The number of aromatic nitrogens is 1. The van der Waals surface area contributed by atoms with Gasteiger partial charge < -0.3 is 15.0 Å². The van der Waals surface area contributed by atoms with E-state index >= 15 is 0 Å². The quantitative estimate of drug-likeness (QED) is 0.602. The lowest BCUT2D eigenvalue weighted by Gasteiger charge is -2.34. The van der Waals surface area contributed by atoms with Crippen LogP contribution < -0.4 is 5.32 Å². The maximum Gasteiger partial charge on any atom is 0.194 e. The Balaban J connectivity index is 1.48. The molecule has 1 N–H and O–H groups in total. The number of hydrogen-bond acceptors (Lipinski definition) is 4. The number of likely N-dealkylation sites (tertiary alicyclic amines) is 1. The molecule has 146 valence electrons. The van der Waals surface area contributed by atoms with Crippen molar-refractivity contribution < 1.29 is 4.74 Å². The third kappa shape index (κ3) is 5.43. The summed E-state index contributed by atoms with van der Waals surface area (Å²) < 4.78 is 6.20. The Morgan fingerprint density at radius 1 is 1.23 bits per heavy atom. The van der Waals surface area contributed by atoms with E-state index in [1.165, 1.54) is 30.6 Å². The molecule has 1 aromatic heterocycles. The van der Waals surface area contributed by atoms with Crippen LogP contribution in [-0.4, -0.2) is 48.2 Å². The molecule has 1 aliphatic carbocycles. The van der Waals surface area contributed by atoms with Gasteiger partial charge in [-0.1, -0.05) is 12.8 Å². The van der Waals surface area contributed by atoms with Crippen LogP contribution in [0.4, 0.5) is 0 Å². The molecule has 2 heterocycles. The first-order chi connectivity index (χ1) is 12.7. The van der Waals surface area contributed by atoms with Crippen LogP contribution in [0.5, 0.6) is 0 Å². The average molecular weight is 379 g/mol. The zero-order valence-corrected chi connectivity index (χ0v) is 17.4. The Morgan fingerprint density at radius 3 is 2.58 bits per heavy atom. The second-order valence-electron chi connectivity index (χ2n) is 7.59. The molecular formula is C20H34N4OS. The maximum atomic E-state index is 6.20. The van der Waals surface area contributed by atoms with Crippen molar-refractivity contribution in [2.75, 3.05) is 26.2 Å². The van der Waals surface area contributed by atoms with E-state index in [1.54, 1.807) is 11.3 Å². The molecule has 0 aromatic carbocycles. The van der Waals surface area contributed by atoms with Gasteiger partial charge in [0.15, 0.2) is 5.96 Å². The van der Waals surface area contributed by atoms with Gasteiger partial charge in [-0.25, -0.2) is 9.98 Å². The van der Waals surface area contributed by atoms with Crippen molar-refractivity contribution >= 4 is 17.3 Å². The lowest BCUT2D eigenvalue weighted by molar-refractivity contribution is 0.00101. The van der Waals surface area contributed by atoms with Crippen LogP contribution in [0.1, 0.15) is 61.0 Å². The third-order valence-corrected chi connectivity index (χ3v) is 6.61. The van der Waals surface area contributed by atoms with E-state index in [4.69, 9.17) is 9.73 Å². The second kappa shape index (κ2) is 9.70. The molecule has 1 aliphatic heterocycles. The molecule has 0 radical (unpaired) electrons. The molecule has 26 heavy (non-hydrogen) atoms. The fourth-order valence-electron chi connectivity index (χ4n) is 3.86. The van der Waals surface area contributed by atoms with Gasteiger partial charge in [-0.05, 0) is 52.4 Å². The summed E-state index contributed by atoms with van der Waals surface area (Å²) in [6, 6.07) is 0. The van der Waals surface area contributed by atoms with E-state index in [0.717, 1.165) is 61.7 Å². The number of ether oxygens (including phenoxy) is 1. The minimum absolute atomic E-state index is 0.430. The van der Waals surface area contributed by atoms with Crippen molar-refractivity contribution in [3.8, 4) is 0 Å². The average Bonchev–Trinajstić information content (AvgIpc) is 3.27. The summed E-state index contributed by atoms with van der Waals surface area (Å²) in [5.41, 5.74) is 1.13. The molecule has 0 spiro atoms. The molecule has 0 atom stereocenters. The first-order valence-electron chi connectivity index (χ1n) is 10.2. The number of aliphatic imine (C=N–C) groups is 1. The topological polar surface area (TPSA) is 49.8 Å². The molecule has 0 bridgehead atoms. The van der Waals surface area contributed by atoms with Crippen LogP contribution >= 0.6 is 11.3 Å². The van der Waals surface area contributed by atoms with Crippen molar-refractivity contribution in [2.45, 2.75) is 71.9 Å². The van der Waals surface area contributed by atoms with Crippen molar-refractivity contribution in [1.82, 2.24) is 15.2 Å². The van der Waals surface area contributed by atoms with Crippen molar-refractivity contribution in [3.63, 3.8) is 0 Å². The van der Waals surface area contributed by atoms with E-state index in [1.807, 2.05) is 0 Å². The van der Waals surface area contributed by atoms with E-state index in [9.17, 15) is 0 Å². The van der Waals surface area contributed by atoms with Gasteiger partial charge in [0.1, 0.15) is 5.01 Å². The molecule has 0 amide bonds. The van der Waals surface area contributed by atoms with Gasteiger partial charge >= 0.3 is 0 Å². The normalized spacial score (nSPS) is 20.1. The highest BCUT2D eigenvalue weighted by atomic mass is 32.1. The molecule has 1 saturated heterocycles. The SMILES string of the molecule is CCNC(=NCc1nc(C)c(C)s1)N1CCC(OCC2CCCC2)CC1. The molecule has 1 aromatic rings. The van der Waals surface area contributed by atoms with Crippen LogP contribution in [0.3, 0.4) is 0 Å². The van der Waals surface area contributed by atoms with Gasteiger partial charge in [0, 0.05) is 31.1 Å². The first kappa shape index (κ1) is 19.6. The van der Waals surface area contributed by atoms with E-state index in [-0.39, 0.29) is 0 Å². The molecule has 0 unspecified atom stereocenters. The number of hydrogen-bond donors (Lipinski definition) is 1. The summed E-state index contributed by atoms with van der Waals surface area (Å²) in [5.74, 6) is 1.84. The molecular weight excluding hydrogens is 344 g/mol. The smallest absolute Gasteiger partial charge is 0.194 e. The van der Waals surface area contributed by atoms with Crippen LogP contribution in [-0.2, 0) is 11.3 Å². The minimum Gasteiger partial charge on any atom is -0.378 e. The zero-order valence-electron chi connectivity index (χ0n) is 16.6. The van der Waals surface area contributed by atoms with E-state index < -0.39 is 0 Å². The molecule has 6 heteroatoms. The lowest BCUT2D eigenvalue weighted by Crippen LogP contribution is -2.47. The van der Waals surface area contributed by atoms with Gasteiger partial charge in [0.05, 0.1) is 18.3 Å². The summed E-state index contributed by atoms with van der Waals surface area (Å²) in [5, 5.41) is 4.55. The van der Waals surface area contributed by atoms with Crippen LogP contribution in [0, 0.1) is 19.8 Å². The van der Waals surface area contributed by atoms with Crippen LogP contribution in [0.25, 0.3) is 0 Å². The van der Waals surface area contributed by atoms with E-state index in [2.05, 4.69) is 36.0 Å². The number of guanidine groups is 1. The molecule has 5 nitrogen and oxygen atoms in total. The Labute approximate surface area is 162 Å². The van der Waals surface area contributed by atoms with Crippen LogP contribution in [0.15, 0.2) is 4.99 Å². The summed E-state index contributed by atoms with van der Waals surface area (Å²) in [7, 11) is 0. The van der Waals surface area contributed by atoms with Gasteiger partial charge in [-0.2, -0.15) is 0 Å². The monoisotopic (exact) mass is 378 g/mol. The van der Waals surface area contributed by atoms with Gasteiger partial charge in [0.2, 0.25) is 0 Å². The summed E-state index contributed by atoms with van der Waals surface area (Å²) in [4.78, 5) is 13.1. The minimum atomic E-state index is 0.430. The number of piperidine rings is 1. The predicted molar refractivity (Wildman–Crippen MR) is 109 cm³/mol. The van der Waals surface area contributed by atoms with Gasteiger partial charge in [0.25, 0.3) is 0 Å². The number of nitrogens with one attached hydrogen (secondary N) is 1. The highest BCUT2D eigenvalue weighted by molar-refractivity contribution is 7.11. The molecule has 2 aliphatic rings. The van der Waals surface area contributed by atoms with Crippen molar-refractivity contribution in [3.05, 3.63) is 15.6 Å². The Hall–Kier alpha value is -1.14. The maximum absolute atomic E-state index is 6.20. The second-order valence-corrected chi connectivity index (χ2v) is 8.88. The standard InChI is InChI=1S/C20H34N4OS/c1-4-21-20(22-13-19-23-15(2)16(3)26-19)24-11-9-18(10-12-24)25-14-17-7-5-6-8-17/h17-18H,4-14H2,1-3H3,(H,21,22). The fourth-order valence-corrected chi connectivity index (χ4v) is 4.72. The number of aryl methyl sites for hydroxylation is 2. The lowest BCUT2D eigenvalue weighted by atomic mass is 10.1. The first-order valence-corrected chi connectivity index (χ1v) is 11.0. The zero-order chi connectivity index (χ0) is 18.4. The number of nitrogens with zero attached hydrogens (tertiary/aromatic N) is 3. The van der Waals surface area contributed by atoms with Crippen molar-refractivity contribution in [2.24, 2.45) is 10.9 Å². The Kier molecular flexibility index (Phi) is 7.32. The molecule has 1 saturated carbocycles. The van der Waals surface area contributed by atoms with E-state index in [0.29, 0.717) is 12.6 Å². The summed E-state index contributed by atoms with van der Waals surface area (Å²) >= 11 is 1.76. The summed E-state index contributed by atoms with van der Waals surface area (Å²) in [6.45, 7) is 10.9.